The van der Waals surface area contributed by atoms with Gasteiger partial charge in [-0.25, -0.2) is 0 Å². The highest BCUT2D eigenvalue weighted by Gasteiger charge is 2.23. The molecule has 0 saturated carbocycles. The van der Waals surface area contributed by atoms with Crippen LogP contribution in [-0.2, 0) is 22.7 Å². The molecule has 3 rings (SSSR count). The highest BCUT2D eigenvalue weighted by molar-refractivity contribution is 6.12. The first-order valence-corrected chi connectivity index (χ1v) is 5.27. The van der Waals surface area contributed by atoms with E-state index in [0.29, 0.717) is 6.54 Å². The zero-order valence-electron chi connectivity index (χ0n) is 8.96. The maximum atomic E-state index is 11.4. The molecule has 0 saturated heterocycles. The quantitative estimate of drug-likeness (QED) is 0.722. The van der Waals surface area contributed by atoms with E-state index in [1.165, 1.54) is 17.1 Å². The number of carbonyl (C=O) groups is 2. The second kappa shape index (κ2) is 3.62. The molecule has 1 aromatic carbocycles. The molecule has 0 fully saturated rings. The van der Waals surface area contributed by atoms with E-state index in [9.17, 15) is 9.59 Å². The van der Waals surface area contributed by atoms with Gasteiger partial charge >= 0.3 is 0 Å². The zero-order chi connectivity index (χ0) is 11.8. The van der Waals surface area contributed by atoms with Crippen LogP contribution < -0.4 is 0 Å². The summed E-state index contributed by atoms with van der Waals surface area (Å²) in [5.41, 5.74) is 2.79. The van der Waals surface area contributed by atoms with Gasteiger partial charge in [-0.15, -0.1) is 0 Å². The third-order valence-electron chi connectivity index (χ3n) is 2.81. The number of amides is 2. The van der Waals surface area contributed by atoms with Gasteiger partial charge in [0.2, 0.25) is 0 Å². The first-order chi connectivity index (χ1) is 8.24. The maximum absolute atomic E-state index is 11.4. The van der Waals surface area contributed by atoms with Gasteiger partial charge in [0, 0.05) is 17.7 Å². The zero-order valence-corrected chi connectivity index (χ0v) is 8.96. The summed E-state index contributed by atoms with van der Waals surface area (Å²) in [7, 11) is 0. The number of nitrogens with zero attached hydrogens (tertiary/aromatic N) is 3. The predicted molar refractivity (Wildman–Crippen MR) is 59.4 cm³/mol. The summed E-state index contributed by atoms with van der Waals surface area (Å²) >= 11 is 0. The van der Waals surface area contributed by atoms with Gasteiger partial charge in [-0.1, -0.05) is 12.1 Å². The Morgan fingerprint density at radius 2 is 1.94 bits per heavy atom. The Kier molecular flexibility index (Phi) is 2.11. The lowest BCUT2D eigenvalue weighted by Gasteiger charge is -2.13. The smallest absolute Gasteiger partial charge is 0.253 e. The van der Waals surface area contributed by atoms with Gasteiger partial charge in [0.25, 0.3) is 11.8 Å². The molecular weight excluding hydrogens is 218 g/mol. The van der Waals surface area contributed by atoms with E-state index in [4.69, 9.17) is 0 Å². The Balaban J connectivity index is 1.84. The van der Waals surface area contributed by atoms with Gasteiger partial charge < -0.3 is 0 Å². The number of rotatable bonds is 2. The molecule has 0 N–H and O–H groups in total. The van der Waals surface area contributed by atoms with Gasteiger partial charge in [-0.2, -0.15) is 10.2 Å². The molecule has 5 nitrogen and oxygen atoms in total. The number of benzene rings is 1. The number of hydrogen-bond donors (Lipinski definition) is 0. The fraction of sp³-hybridized carbons (Fsp3) is 0.167. The van der Waals surface area contributed by atoms with Gasteiger partial charge in [-0.05, 0) is 11.6 Å². The van der Waals surface area contributed by atoms with Crippen molar-refractivity contribution in [2.24, 2.45) is 10.2 Å². The molecule has 1 aromatic rings. The number of imide groups is 1. The minimum Gasteiger partial charge on any atom is -0.271 e. The summed E-state index contributed by atoms with van der Waals surface area (Å²) in [5, 5.41) is 7.91. The SMILES string of the molecule is O=C1C=CC(=O)N1Cc1ccc2c(c1)N=NC2. The normalized spacial score (nSPS) is 17.1. The monoisotopic (exact) mass is 227 g/mol. The topological polar surface area (TPSA) is 62.1 Å². The van der Waals surface area contributed by atoms with Crippen molar-refractivity contribution < 1.29 is 9.59 Å². The highest BCUT2D eigenvalue weighted by Crippen LogP contribution is 2.28. The third-order valence-corrected chi connectivity index (χ3v) is 2.81. The van der Waals surface area contributed by atoms with Crippen molar-refractivity contribution >= 4 is 17.5 Å². The molecule has 2 heterocycles. The van der Waals surface area contributed by atoms with Gasteiger partial charge in [-0.3, -0.25) is 14.5 Å². The van der Waals surface area contributed by atoms with E-state index in [2.05, 4.69) is 10.2 Å². The Morgan fingerprint density at radius 3 is 2.71 bits per heavy atom. The number of hydrogen-bond acceptors (Lipinski definition) is 4. The van der Waals surface area contributed by atoms with Crippen LogP contribution in [0, 0.1) is 0 Å². The Morgan fingerprint density at radius 1 is 1.18 bits per heavy atom. The molecule has 5 heteroatoms. The molecule has 0 aromatic heterocycles. The number of fused-ring (bicyclic) bond motifs is 1. The lowest BCUT2D eigenvalue weighted by molar-refractivity contribution is -0.137. The van der Waals surface area contributed by atoms with Crippen molar-refractivity contribution in [2.75, 3.05) is 0 Å². The largest absolute Gasteiger partial charge is 0.271 e. The molecule has 0 unspecified atom stereocenters. The van der Waals surface area contributed by atoms with Crippen LogP contribution >= 0.6 is 0 Å². The van der Waals surface area contributed by atoms with Crippen LogP contribution in [0.1, 0.15) is 11.1 Å². The molecule has 0 bridgehead atoms. The summed E-state index contributed by atoms with van der Waals surface area (Å²) in [6.07, 6.45) is 2.57. The van der Waals surface area contributed by atoms with Crippen molar-refractivity contribution in [1.29, 1.82) is 0 Å². The minimum atomic E-state index is -0.267. The van der Waals surface area contributed by atoms with Gasteiger partial charge in [0.15, 0.2) is 0 Å². The number of carbonyl (C=O) groups excluding carboxylic acids is 2. The highest BCUT2D eigenvalue weighted by atomic mass is 16.2. The third kappa shape index (κ3) is 1.65. The molecule has 0 atom stereocenters. The lowest BCUT2D eigenvalue weighted by atomic mass is 10.1. The average molecular weight is 227 g/mol. The summed E-state index contributed by atoms with van der Waals surface area (Å²) in [6, 6.07) is 5.70. The Bertz CT molecular complexity index is 557. The van der Waals surface area contributed by atoms with Crippen molar-refractivity contribution in [1.82, 2.24) is 4.90 Å². The lowest BCUT2D eigenvalue weighted by Crippen LogP contribution is -2.29. The van der Waals surface area contributed by atoms with Crippen molar-refractivity contribution in [3.63, 3.8) is 0 Å². The van der Waals surface area contributed by atoms with Crippen molar-refractivity contribution in [3.05, 3.63) is 41.5 Å². The van der Waals surface area contributed by atoms with Crippen LogP contribution in [0.25, 0.3) is 0 Å². The van der Waals surface area contributed by atoms with E-state index in [0.717, 1.165) is 16.8 Å². The van der Waals surface area contributed by atoms with Crippen LogP contribution in [0.2, 0.25) is 0 Å². The average Bonchev–Trinajstić information content (AvgIpc) is 2.90. The summed E-state index contributed by atoms with van der Waals surface area (Å²) in [4.78, 5) is 24.0. The molecule has 2 aliphatic rings. The molecule has 0 radical (unpaired) electrons. The van der Waals surface area contributed by atoms with E-state index in [1.54, 1.807) is 0 Å². The molecule has 84 valence electrons. The molecule has 0 spiro atoms. The first-order valence-electron chi connectivity index (χ1n) is 5.27. The molecule has 0 aliphatic carbocycles. The summed E-state index contributed by atoms with van der Waals surface area (Å²) in [6.45, 7) is 0.895. The van der Waals surface area contributed by atoms with Crippen LogP contribution in [0.15, 0.2) is 40.6 Å². The van der Waals surface area contributed by atoms with E-state index in [1.807, 2.05) is 18.2 Å². The van der Waals surface area contributed by atoms with Crippen LogP contribution in [0.5, 0.6) is 0 Å². The maximum Gasteiger partial charge on any atom is 0.253 e. The van der Waals surface area contributed by atoms with E-state index in [-0.39, 0.29) is 18.4 Å². The molecular formula is C12H9N3O2. The standard InChI is InChI=1S/C12H9N3O2/c16-11-3-4-12(17)15(11)7-8-1-2-9-6-13-14-10(9)5-8/h1-5H,6-7H2. The second-order valence-electron chi connectivity index (χ2n) is 3.96. The van der Waals surface area contributed by atoms with Gasteiger partial charge in [0.05, 0.1) is 18.8 Å². The second-order valence-corrected chi connectivity index (χ2v) is 3.96. The fourth-order valence-corrected chi connectivity index (χ4v) is 1.89. The minimum absolute atomic E-state index is 0.267. The predicted octanol–water partition coefficient (Wildman–Crippen LogP) is 1.71. The fourth-order valence-electron chi connectivity index (χ4n) is 1.89. The number of azo groups is 1. The summed E-state index contributed by atoms with van der Waals surface area (Å²) < 4.78 is 0. The van der Waals surface area contributed by atoms with Crippen molar-refractivity contribution in [3.8, 4) is 0 Å². The van der Waals surface area contributed by atoms with Crippen LogP contribution in [0.3, 0.4) is 0 Å². The Labute approximate surface area is 97.4 Å². The van der Waals surface area contributed by atoms with Gasteiger partial charge in [0.1, 0.15) is 0 Å². The van der Waals surface area contributed by atoms with Crippen LogP contribution in [0.4, 0.5) is 5.69 Å². The van der Waals surface area contributed by atoms with Crippen LogP contribution in [-0.4, -0.2) is 16.7 Å². The summed E-state index contributed by atoms with van der Waals surface area (Å²) in [5.74, 6) is -0.533. The van der Waals surface area contributed by atoms with E-state index < -0.39 is 0 Å². The molecule has 2 amide bonds. The first kappa shape index (κ1) is 9.89. The molecule has 17 heavy (non-hydrogen) atoms. The molecule has 2 aliphatic heterocycles. The van der Waals surface area contributed by atoms with E-state index >= 15 is 0 Å². The Hall–Kier alpha value is -2.30. The van der Waals surface area contributed by atoms with Crippen molar-refractivity contribution in [2.45, 2.75) is 13.1 Å².